The van der Waals surface area contributed by atoms with Crippen LogP contribution in [-0.2, 0) is 4.79 Å². The first-order valence-electron chi connectivity index (χ1n) is 4.47. The molecule has 1 aromatic carbocycles. The second-order valence-corrected chi connectivity index (χ2v) is 3.64. The van der Waals surface area contributed by atoms with Crippen LogP contribution in [0.4, 0.5) is 5.69 Å². The van der Waals surface area contributed by atoms with Gasteiger partial charge in [0.25, 0.3) is 5.91 Å². The summed E-state index contributed by atoms with van der Waals surface area (Å²) in [5.74, 6) is -0.266. The Kier molecular flexibility index (Phi) is 2.46. The predicted molar refractivity (Wildman–Crippen MR) is 60.2 cm³/mol. The van der Waals surface area contributed by atoms with E-state index in [0.717, 1.165) is 11.3 Å². The van der Waals surface area contributed by atoms with Crippen molar-refractivity contribution in [2.45, 2.75) is 6.17 Å². The topological polar surface area (TPSA) is 58.7 Å². The summed E-state index contributed by atoms with van der Waals surface area (Å²) in [5, 5.41) is 0.274. The van der Waals surface area contributed by atoms with Crippen molar-refractivity contribution in [1.29, 1.82) is 0 Å². The van der Waals surface area contributed by atoms with E-state index >= 15 is 0 Å². The number of amides is 1. The van der Waals surface area contributed by atoms with Crippen LogP contribution in [0.25, 0.3) is 0 Å². The molecule has 1 amide bonds. The minimum atomic E-state index is -0.921. The second kappa shape index (κ2) is 3.64. The van der Waals surface area contributed by atoms with Crippen LogP contribution in [0, 0.1) is 0 Å². The Morgan fingerprint density at radius 2 is 2.13 bits per heavy atom. The van der Waals surface area contributed by atoms with E-state index in [1.807, 2.05) is 24.3 Å². The summed E-state index contributed by atoms with van der Waals surface area (Å²) < 4.78 is 0. The maximum atomic E-state index is 11.7. The van der Waals surface area contributed by atoms with Crippen LogP contribution in [0.3, 0.4) is 0 Å². The van der Waals surface area contributed by atoms with Crippen molar-refractivity contribution in [1.82, 2.24) is 0 Å². The summed E-state index contributed by atoms with van der Waals surface area (Å²) in [6.45, 7) is 0. The molecule has 2 rings (SSSR count). The summed E-state index contributed by atoms with van der Waals surface area (Å²) >= 11 is 5.97. The number of para-hydroxylation sites is 1. The molecular weight excluding hydrogens is 214 g/mol. The van der Waals surface area contributed by atoms with Crippen molar-refractivity contribution < 1.29 is 4.79 Å². The molecule has 1 unspecified atom stereocenters. The zero-order chi connectivity index (χ0) is 11.0. The van der Waals surface area contributed by atoms with Gasteiger partial charge in [-0.3, -0.25) is 4.79 Å². The van der Waals surface area contributed by atoms with Gasteiger partial charge in [0, 0.05) is 12.6 Å². The number of aliphatic imine (C=N–C) groups is 1. The maximum Gasteiger partial charge on any atom is 0.266 e. The highest BCUT2D eigenvalue weighted by Crippen LogP contribution is 2.24. The molecule has 15 heavy (non-hydrogen) atoms. The molecule has 1 aliphatic heterocycles. The standard InChI is InChI=1S/C10H10ClN3O/c1-14-7-5-3-2-4-6(7)8(11)13-9(12)10(14)15/h2-5,9H,12H2,1H3. The first-order valence-corrected chi connectivity index (χ1v) is 4.85. The van der Waals surface area contributed by atoms with E-state index in [2.05, 4.69) is 4.99 Å². The number of hydrogen-bond donors (Lipinski definition) is 1. The normalized spacial score (nSPS) is 20.7. The number of hydrogen-bond acceptors (Lipinski definition) is 3. The highest BCUT2D eigenvalue weighted by atomic mass is 35.5. The number of benzene rings is 1. The van der Waals surface area contributed by atoms with Gasteiger partial charge in [0.2, 0.25) is 0 Å². The molecule has 0 aromatic heterocycles. The number of benzodiazepines with no additional fused rings is 1. The van der Waals surface area contributed by atoms with Gasteiger partial charge >= 0.3 is 0 Å². The van der Waals surface area contributed by atoms with Crippen LogP contribution < -0.4 is 10.6 Å². The fraction of sp³-hybridized carbons (Fsp3) is 0.200. The Morgan fingerprint density at radius 1 is 1.47 bits per heavy atom. The molecule has 1 aromatic rings. The molecule has 0 radical (unpaired) electrons. The lowest BCUT2D eigenvalue weighted by atomic mass is 10.2. The van der Waals surface area contributed by atoms with Crippen LogP contribution in [0.2, 0.25) is 0 Å². The first kappa shape index (κ1) is 10.1. The van der Waals surface area contributed by atoms with Gasteiger partial charge in [-0.05, 0) is 12.1 Å². The highest BCUT2D eigenvalue weighted by Gasteiger charge is 2.25. The predicted octanol–water partition coefficient (Wildman–Crippen LogP) is 0.933. The van der Waals surface area contributed by atoms with Crippen LogP contribution in [0.1, 0.15) is 5.56 Å². The Bertz CT molecular complexity index is 444. The number of carbonyl (C=O) groups excluding carboxylic acids is 1. The van der Waals surface area contributed by atoms with E-state index < -0.39 is 6.17 Å². The fourth-order valence-corrected chi connectivity index (χ4v) is 1.77. The number of likely N-dealkylation sites (N-methyl/N-ethyl adjacent to an activating group) is 1. The van der Waals surface area contributed by atoms with Crippen LogP contribution in [0.5, 0.6) is 0 Å². The number of anilines is 1. The molecular formula is C10H10ClN3O. The van der Waals surface area contributed by atoms with E-state index in [-0.39, 0.29) is 11.1 Å². The lowest BCUT2D eigenvalue weighted by Crippen LogP contribution is -2.39. The largest absolute Gasteiger partial charge is 0.312 e. The summed E-state index contributed by atoms with van der Waals surface area (Å²) in [5.41, 5.74) is 7.03. The lowest BCUT2D eigenvalue weighted by molar-refractivity contribution is -0.119. The molecule has 0 bridgehead atoms. The van der Waals surface area contributed by atoms with Crippen LogP contribution in [-0.4, -0.2) is 24.3 Å². The lowest BCUT2D eigenvalue weighted by Gasteiger charge is -2.18. The Morgan fingerprint density at radius 3 is 2.87 bits per heavy atom. The first-order chi connectivity index (χ1) is 7.11. The molecule has 1 heterocycles. The molecule has 0 spiro atoms. The van der Waals surface area contributed by atoms with E-state index in [4.69, 9.17) is 17.3 Å². The molecule has 78 valence electrons. The zero-order valence-electron chi connectivity index (χ0n) is 8.14. The van der Waals surface area contributed by atoms with Crippen molar-refractivity contribution >= 4 is 28.4 Å². The van der Waals surface area contributed by atoms with Gasteiger partial charge in [-0.2, -0.15) is 0 Å². The van der Waals surface area contributed by atoms with E-state index in [0.29, 0.717) is 0 Å². The monoisotopic (exact) mass is 223 g/mol. The zero-order valence-corrected chi connectivity index (χ0v) is 8.90. The molecule has 5 heteroatoms. The third kappa shape index (κ3) is 1.62. The van der Waals surface area contributed by atoms with Gasteiger partial charge in [0.05, 0.1) is 5.69 Å². The minimum Gasteiger partial charge on any atom is -0.312 e. The number of halogens is 1. The van der Waals surface area contributed by atoms with Crippen molar-refractivity contribution in [2.75, 3.05) is 11.9 Å². The van der Waals surface area contributed by atoms with Gasteiger partial charge in [-0.1, -0.05) is 23.7 Å². The van der Waals surface area contributed by atoms with Crippen LogP contribution >= 0.6 is 11.6 Å². The van der Waals surface area contributed by atoms with E-state index in [1.165, 1.54) is 4.90 Å². The summed E-state index contributed by atoms with van der Waals surface area (Å²) in [6, 6.07) is 7.29. The third-order valence-corrected chi connectivity index (χ3v) is 2.62. The third-order valence-electron chi connectivity index (χ3n) is 2.32. The average Bonchev–Trinajstić information content (AvgIpc) is 2.33. The smallest absolute Gasteiger partial charge is 0.266 e. The summed E-state index contributed by atoms with van der Waals surface area (Å²) in [4.78, 5) is 17.1. The van der Waals surface area contributed by atoms with E-state index in [1.54, 1.807) is 7.05 Å². The van der Waals surface area contributed by atoms with Crippen molar-refractivity contribution in [2.24, 2.45) is 10.7 Å². The second-order valence-electron chi connectivity index (χ2n) is 3.28. The summed E-state index contributed by atoms with van der Waals surface area (Å²) in [7, 11) is 1.66. The molecule has 1 aliphatic rings. The van der Waals surface area contributed by atoms with Gasteiger partial charge in [-0.25, -0.2) is 4.99 Å². The van der Waals surface area contributed by atoms with Crippen LogP contribution in [0.15, 0.2) is 29.3 Å². The Balaban J connectivity index is 2.63. The highest BCUT2D eigenvalue weighted by molar-refractivity contribution is 6.70. The molecule has 4 nitrogen and oxygen atoms in total. The number of nitrogens with zero attached hydrogens (tertiary/aromatic N) is 2. The van der Waals surface area contributed by atoms with Crippen molar-refractivity contribution in [3.8, 4) is 0 Å². The molecule has 0 aliphatic carbocycles. The average molecular weight is 224 g/mol. The molecule has 0 saturated carbocycles. The van der Waals surface area contributed by atoms with E-state index in [9.17, 15) is 4.79 Å². The Hall–Kier alpha value is -1.39. The molecule has 2 N–H and O–H groups in total. The number of nitrogens with two attached hydrogens (primary N) is 1. The van der Waals surface area contributed by atoms with Gasteiger partial charge in [0.15, 0.2) is 6.17 Å². The number of carbonyl (C=O) groups is 1. The quantitative estimate of drug-likeness (QED) is 0.712. The number of rotatable bonds is 0. The van der Waals surface area contributed by atoms with Gasteiger partial charge < -0.3 is 10.6 Å². The minimum absolute atomic E-state index is 0.266. The van der Waals surface area contributed by atoms with Gasteiger partial charge in [0.1, 0.15) is 5.17 Å². The fourth-order valence-electron chi connectivity index (χ4n) is 1.50. The number of fused-ring (bicyclic) bond motifs is 1. The Labute approximate surface area is 92.3 Å². The van der Waals surface area contributed by atoms with Crippen molar-refractivity contribution in [3.63, 3.8) is 0 Å². The SMILES string of the molecule is CN1C(=O)C(N)N=C(Cl)c2ccccc21. The molecule has 0 saturated heterocycles. The maximum absolute atomic E-state index is 11.7. The van der Waals surface area contributed by atoms with Gasteiger partial charge in [-0.15, -0.1) is 0 Å². The molecule has 1 atom stereocenters. The molecule has 0 fully saturated rings. The van der Waals surface area contributed by atoms with Crippen molar-refractivity contribution in [3.05, 3.63) is 29.8 Å². The summed E-state index contributed by atoms with van der Waals surface area (Å²) in [6.07, 6.45) is -0.921.